The Hall–Kier alpha value is -1.80. The summed E-state index contributed by atoms with van der Waals surface area (Å²) in [5.74, 6) is 1.66. The number of nitrogens with zero attached hydrogens (tertiary/aromatic N) is 4. The summed E-state index contributed by atoms with van der Waals surface area (Å²) < 4.78 is 10.4. The fourth-order valence-electron chi connectivity index (χ4n) is 2.90. The van der Waals surface area contributed by atoms with Crippen LogP contribution < -0.4 is 10.2 Å². The number of hydrogen-bond acceptors (Lipinski definition) is 6. The molecule has 3 heterocycles. The molecule has 0 atom stereocenters. The van der Waals surface area contributed by atoms with Crippen LogP contribution in [-0.4, -0.2) is 86.6 Å². The number of aryl methyl sites for hydroxylation is 1. The summed E-state index contributed by atoms with van der Waals surface area (Å²) in [4.78, 5) is 18.5. The molecule has 8 heteroatoms. The monoisotopic (exact) mass is 323 g/mol. The Morgan fingerprint density at radius 3 is 2.61 bits per heavy atom. The van der Waals surface area contributed by atoms with Gasteiger partial charge in [0.05, 0.1) is 13.2 Å². The molecule has 0 bridgehead atoms. The molecule has 0 saturated carbocycles. The van der Waals surface area contributed by atoms with Crippen molar-refractivity contribution in [2.75, 3.05) is 70.5 Å². The molecule has 3 rings (SSSR count). The van der Waals surface area contributed by atoms with Crippen LogP contribution in [0, 0.1) is 6.92 Å². The van der Waals surface area contributed by atoms with Gasteiger partial charge >= 0.3 is 6.03 Å². The SMILES string of the molecule is Cc1cc(N2CCN(C(=O)NCCN3CCOCC3)CC2)no1. The molecule has 1 aromatic rings. The van der Waals surface area contributed by atoms with E-state index in [2.05, 4.69) is 20.3 Å². The number of amides is 2. The smallest absolute Gasteiger partial charge is 0.317 e. The van der Waals surface area contributed by atoms with Gasteiger partial charge in [-0.25, -0.2) is 4.79 Å². The third kappa shape index (κ3) is 4.35. The second kappa shape index (κ2) is 7.65. The van der Waals surface area contributed by atoms with Gasteiger partial charge in [0.1, 0.15) is 5.76 Å². The normalized spacial score (nSPS) is 19.9. The van der Waals surface area contributed by atoms with Crippen molar-refractivity contribution < 1.29 is 14.1 Å². The first-order valence-electron chi connectivity index (χ1n) is 8.23. The highest BCUT2D eigenvalue weighted by molar-refractivity contribution is 5.74. The molecule has 0 unspecified atom stereocenters. The predicted molar refractivity (Wildman–Crippen MR) is 85.7 cm³/mol. The molecule has 2 aliphatic heterocycles. The van der Waals surface area contributed by atoms with Crippen LogP contribution in [0.2, 0.25) is 0 Å². The average molecular weight is 323 g/mol. The molecule has 2 fully saturated rings. The summed E-state index contributed by atoms with van der Waals surface area (Å²) in [6.45, 7) is 9.89. The molecule has 2 amide bonds. The zero-order valence-corrected chi connectivity index (χ0v) is 13.7. The molecule has 1 N–H and O–H groups in total. The lowest BCUT2D eigenvalue weighted by atomic mass is 10.3. The largest absolute Gasteiger partial charge is 0.379 e. The van der Waals surface area contributed by atoms with Gasteiger partial charge < -0.3 is 24.4 Å². The Morgan fingerprint density at radius 1 is 1.22 bits per heavy atom. The number of carbonyl (C=O) groups excluding carboxylic acids is 1. The van der Waals surface area contributed by atoms with Gasteiger partial charge in [-0.2, -0.15) is 0 Å². The zero-order chi connectivity index (χ0) is 16.1. The molecule has 2 aliphatic rings. The Kier molecular flexibility index (Phi) is 5.35. The molecule has 2 saturated heterocycles. The Morgan fingerprint density at radius 2 is 1.96 bits per heavy atom. The van der Waals surface area contributed by atoms with Gasteiger partial charge in [-0.15, -0.1) is 0 Å². The summed E-state index contributed by atoms with van der Waals surface area (Å²) in [5.41, 5.74) is 0. The number of aromatic nitrogens is 1. The van der Waals surface area contributed by atoms with Crippen molar-refractivity contribution in [3.63, 3.8) is 0 Å². The fraction of sp³-hybridized carbons (Fsp3) is 0.733. The number of hydrogen-bond donors (Lipinski definition) is 1. The van der Waals surface area contributed by atoms with Crippen LogP contribution in [0.5, 0.6) is 0 Å². The first-order valence-corrected chi connectivity index (χ1v) is 8.23. The van der Waals surface area contributed by atoms with Crippen LogP contribution in [0.1, 0.15) is 5.76 Å². The Balaban J connectivity index is 1.36. The number of ether oxygens (including phenoxy) is 1. The van der Waals surface area contributed by atoms with Gasteiger partial charge in [-0.05, 0) is 6.92 Å². The van der Waals surface area contributed by atoms with E-state index in [4.69, 9.17) is 9.26 Å². The van der Waals surface area contributed by atoms with E-state index >= 15 is 0 Å². The van der Waals surface area contributed by atoms with Crippen molar-refractivity contribution in [3.05, 3.63) is 11.8 Å². The maximum absolute atomic E-state index is 12.2. The fourth-order valence-corrected chi connectivity index (χ4v) is 2.90. The Labute approximate surface area is 136 Å². The van der Waals surface area contributed by atoms with Crippen LogP contribution in [-0.2, 0) is 4.74 Å². The number of morpholine rings is 1. The summed E-state index contributed by atoms with van der Waals surface area (Å²) >= 11 is 0. The molecule has 1 aromatic heterocycles. The summed E-state index contributed by atoms with van der Waals surface area (Å²) in [7, 11) is 0. The van der Waals surface area contributed by atoms with Crippen molar-refractivity contribution in [2.45, 2.75) is 6.92 Å². The lowest BCUT2D eigenvalue weighted by Gasteiger charge is -2.34. The van der Waals surface area contributed by atoms with Crippen molar-refractivity contribution in [2.24, 2.45) is 0 Å². The van der Waals surface area contributed by atoms with Crippen LogP contribution in [0.3, 0.4) is 0 Å². The topological polar surface area (TPSA) is 74.1 Å². The third-order valence-electron chi connectivity index (χ3n) is 4.31. The van der Waals surface area contributed by atoms with Crippen molar-refractivity contribution in [3.8, 4) is 0 Å². The van der Waals surface area contributed by atoms with E-state index in [1.54, 1.807) is 0 Å². The lowest BCUT2D eigenvalue weighted by molar-refractivity contribution is 0.0386. The minimum Gasteiger partial charge on any atom is -0.379 e. The van der Waals surface area contributed by atoms with Gasteiger partial charge in [0, 0.05) is 58.4 Å². The maximum Gasteiger partial charge on any atom is 0.317 e. The second-order valence-corrected chi connectivity index (χ2v) is 5.96. The molecular weight excluding hydrogens is 298 g/mol. The van der Waals surface area contributed by atoms with Gasteiger partial charge in [0.2, 0.25) is 0 Å². The van der Waals surface area contributed by atoms with Crippen molar-refractivity contribution in [1.29, 1.82) is 0 Å². The Bertz CT molecular complexity index is 507. The number of nitrogens with one attached hydrogen (secondary N) is 1. The first-order chi connectivity index (χ1) is 11.2. The third-order valence-corrected chi connectivity index (χ3v) is 4.31. The number of anilines is 1. The zero-order valence-electron chi connectivity index (χ0n) is 13.7. The number of carbonyl (C=O) groups is 1. The molecule has 0 spiro atoms. The lowest BCUT2D eigenvalue weighted by Crippen LogP contribution is -2.53. The van der Waals surface area contributed by atoms with Crippen molar-refractivity contribution in [1.82, 2.24) is 20.3 Å². The molecule has 0 radical (unpaired) electrons. The standard InChI is InChI=1S/C15H25N5O3/c1-13-12-14(17-23-13)19-4-6-20(7-5-19)15(21)16-2-3-18-8-10-22-11-9-18/h12H,2-11H2,1H3,(H,16,21). The first kappa shape index (κ1) is 16.1. The van der Waals surface area contributed by atoms with E-state index in [-0.39, 0.29) is 6.03 Å². The number of rotatable bonds is 4. The van der Waals surface area contributed by atoms with E-state index in [1.165, 1.54) is 0 Å². The molecule has 0 aromatic carbocycles. The summed E-state index contributed by atoms with van der Waals surface area (Å²) in [6.07, 6.45) is 0. The van der Waals surface area contributed by atoms with Gasteiger partial charge in [0.25, 0.3) is 0 Å². The highest BCUT2D eigenvalue weighted by Crippen LogP contribution is 2.15. The number of piperazine rings is 1. The van der Waals surface area contributed by atoms with Crippen LogP contribution in [0.4, 0.5) is 10.6 Å². The predicted octanol–water partition coefficient (Wildman–Crippen LogP) is 0.147. The molecule has 128 valence electrons. The van der Waals surface area contributed by atoms with Gasteiger partial charge in [-0.1, -0.05) is 5.16 Å². The van der Waals surface area contributed by atoms with Crippen LogP contribution in [0.25, 0.3) is 0 Å². The minimum atomic E-state index is 0.0224. The quantitative estimate of drug-likeness (QED) is 0.850. The summed E-state index contributed by atoms with van der Waals surface area (Å²) in [5, 5.41) is 7.04. The molecule has 23 heavy (non-hydrogen) atoms. The minimum absolute atomic E-state index is 0.0224. The van der Waals surface area contributed by atoms with E-state index in [1.807, 2.05) is 17.9 Å². The number of urea groups is 1. The average Bonchev–Trinajstić information content (AvgIpc) is 3.02. The van der Waals surface area contributed by atoms with Gasteiger partial charge in [-0.3, -0.25) is 4.90 Å². The van der Waals surface area contributed by atoms with E-state index in [0.717, 1.165) is 57.5 Å². The van der Waals surface area contributed by atoms with Gasteiger partial charge in [0.15, 0.2) is 5.82 Å². The summed E-state index contributed by atoms with van der Waals surface area (Å²) in [6, 6.07) is 1.95. The second-order valence-electron chi connectivity index (χ2n) is 5.96. The van der Waals surface area contributed by atoms with Crippen LogP contribution >= 0.6 is 0 Å². The highest BCUT2D eigenvalue weighted by atomic mass is 16.5. The maximum atomic E-state index is 12.2. The molecular formula is C15H25N5O3. The van der Waals surface area contributed by atoms with Crippen molar-refractivity contribution >= 4 is 11.8 Å². The van der Waals surface area contributed by atoms with E-state index in [9.17, 15) is 4.79 Å². The van der Waals surface area contributed by atoms with E-state index in [0.29, 0.717) is 19.6 Å². The molecule has 0 aliphatic carbocycles. The van der Waals surface area contributed by atoms with E-state index < -0.39 is 0 Å². The van der Waals surface area contributed by atoms with Crippen LogP contribution in [0.15, 0.2) is 10.6 Å². The molecule has 8 nitrogen and oxygen atoms in total. The highest BCUT2D eigenvalue weighted by Gasteiger charge is 2.22.